The predicted octanol–water partition coefficient (Wildman–Crippen LogP) is 1.16. The number of fused-ring (bicyclic) bond motifs is 1. The first kappa shape index (κ1) is 19.6. The molecule has 0 bridgehead atoms. The molecule has 0 amide bonds. The van der Waals surface area contributed by atoms with E-state index in [4.69, 9.17) is 24.4 Å². The molecule has 0 saturated heterocycles. The summed E-state index contributed by atoms with van der Waals surface area (Å²) < 4.78 is 35.4. The maximum atomic E-state index is 14.6. The summed E-state index contributed by atoms with van der Waals surface area (Å²) in [5, 5.41) is 9.36. The normalized spacial score (nSPS) is 15.8. The van der Waals surface area contributed by atoms with Crippen molar-refractivity contribution < 1.29 is 32.9 Å². The van der Waals surface area contributed by atoms with Gasteiger partial charge in [0.2, 0.25) is 17.1 Å². The van der Waals surface area contributed by atoms with Gasteiger partial charge >= 0.3 is 5.97 Å². The Morgan fingerprint density at radius 3 is 2.75 bits per heavy atom. The molecule has 3 N–H and O–H groups in total. The van der Waals surface area contributed by atoms with E-state index in [1.807, 2.05) is 0 Å². The van der Waals surface area contributed by atoms with E-state index in [0.717, 1.165) is 6.07 Å². The molecule has 1 aromatic heterocycles. The number of aliphatic hydroxyl groups excluding tert-OH is 1. The SMILES string of the molecule is COCCOC(=O)C1=C(N)Oc2c(oc(CO)cc2=O)[C@H]1c1ccccc1F. The molecule has 2 aromatic rings. The molecule has 0 fully saturated rings. The van der Waals surface area contributed by atoms with Gasteiger partial charge < -0.3 is 29.5 Å². The van der Waals surface area contributed by atoms with Crippen LogP contribution in [0.3, 0.4) is 0 Å². The molecule has 1 aliphatic rings. The second-order valence-electron chi connectivity index (χ2n) is 5.89. The fourth-order valence-corrected chi connectivity index (χ4v) is 2.88. The number of aliphatic hydroxyl groups is 1. The molecule has 148 valence electrons. The summed E-state index contributed by atoms with van der Waals surface area (Å²) in [4.78, 5) is 25.0. The van der Waals surface area contributed by atoms with Gasteiger partial charge in [0.05, 0.1) is 12.5 Å². The Balaban J connectivity index is 2.19. The topological polar surface area (TPSA) is 121 Å². The van der Waals surface area contributed by atoms with Gasteiger partial charge in [-0.05, 0) is 6.07 Å². The second kappa shape index (κ2) is 8.24. The first-order valence-corrected chi connectivity index (χ1v) is 8.33. The highest BCUT2D eigenvalue weighted by Crippen LogP contribution is 2.42. The summed E-state index contributed by atoms with van der Waals surface area (Å²) in [5.74, 6) is -3.60. The molecule has 1 atom stereocenters. The fourth-order valence-electron chi connectivity index (χ4n) is 2.88. The van der Waals surface area contributed by atoms with E-state index < -0.39 is 35.6 Å². The quantitative estimate of drug-likeness (QED) is 0.556. The van der Waals surface area contributed by atoms with Crippen LogP contribution in [0.15, 0.2) is 51.0 Å². The molecule has 2 heterocycles. The highest BCUT2D eigenvalue weighted by molar-refractivity contribution is 5.92. The summed E-state index contributed by atoms with van der Waals surface area (Å²) >= 11 is 0. The van der Waals surface area contributed by atoms with Crippen molar-refractivity contribution in [3.63, 3.8) is 0 Å². The number of rotatable bonds is 6. The third-order valence-corrected chi connectivity index (χ3v) is 4.12. The molecule has 3 rings (SSSR count). The van der Waals surface area contributed by atoms with E-state index in [2.05, 4.69) is 0 Å². The van der Waals surface area contributed by atoms with E-state index >= 15 is 0 Å². The molecule has 0 radical (unpaired) electrons. The van der Waals surface area contributed by atoms with Crippen molar-refractivity contribution in [1.29, 1.82) is 0 Å². The van der Waals surface area contributed by atoms with Crippen molar-refractivity contribution in [2.45, 2.75) is 12.5 Å². The van der Waals surface area contributed by atoms with Gasteiger partial charge in [-0.25, -0.2) is 9.18 Å². The summed E-state index contributed by atoms with van der Waals surface area (Å²) in [6, 6.07) is 6.69. The van der Waals surface area contributed by atoms with Crippen LogP contribution >= 0.6 is 0 Å². The van der Waals surface area contributed by atoms with Crippen molar-refractivity contribution in [3.05, 3.63) is 74.9 Å². The zero-order valence-electron chi connectivity index (χ0n) is 14.9. The van der Waals surface area contributed by atoms with Gasteiger partial charge in [-0.3, -0.25) is 4.79 Å². The number of carbonyl (C=O) groups is 1. The van der Waals surface area contributed by atoms with Crippen LogP contribution in [0.2, 0.25) is 0 Å². The van der Waals surface area contributed by atoms with Crippen LogP contribution in [0.5, 0.6) is 5.75 Å². The summed E-state index contributed by atoms with van der Waals surface area (Å²) in [6.07, 6.45) is 0. The van der Waals surface area contributed by atoms with Crippen LogP contribution in [0.25, 0.3) is 0 Å². The first-order valence-electron chi connectivity index (χ1n) is 8.33. The Morgan fingerprint density at radius 2 is 2.07 bits per heavy atom. The molecule has 8 nitrogen and oxygen atoms in total. The van der Waals surface area contributed by atoms with Crippen LogP contribution in [-0.4, -0.2) is 31.4 Å². The van der Waals surface area contributed by atoms with Crippen molar-refractivity contribution >= 4 is 5.97 Å². The number of ether oxygens (including phenoxy) is 3. The standard InChI is InChI=1S/C19H18FNO7/c1-25-6-7-26-19(24)15-14(11-4-2-3-5-12(11)20)17-16(28-18(15)21)13(23)8-10(9-22)27-17/h2-5,8,14,22H,6-7,9,21H2,1H3/t14-/m0/s1. The van der Waals surface area contributed by atoms with E-state index in [1.165, 1.54) is 25.3 Å². The Kier molecular flexibility index (Phi) is 5.76. The molecule has 0 aliphatic carbocycles. The van der Waals surface area contributed by atoms with Gasteiger partial charge in [-0.2, -0.15) is 0 Å². The molecule has 0 unspecified atom stereocenters. The van der Waals surface area contributed by atoms with Crippen LogP contribution in [0, 0.1) is 5.82 Å². The van der Waals surface area contributed by atoms with Crippen molar-refractivity contribution in [2.24, 2.45) is 5.73 Å². The van der Waals surface area contributed by atoms with Gasteiger partial charge in [-0.1, -0.05) is 18.2 Å². The lowest BCUT2D eigenvalue weighted by atomic mass is 9.86. The van der Waals surface area contributed by atoms with Crippen LogP contribution in [0.1, 0.15) is 23.0 Å². The Morgan fingerprint density at radius 1 is 1.32 bits per heavy atom. The average molecular weight is 391 g/mol. The molecule has 1 aromatic carbocycles. The minimum absolute atomic E-state index is 0.0342. The van der Waals surface area contributed by atoms with Gasteiger partial charge in [0.1, 0.15) is 30.4 Å². The third-order valence-electron chi connectivity index (χ3n) is 4.12. The number of methoxy groups -OCH3 is 1. The van der Waals surface area contributed by atoms with E-state index in [-0.39, 0.29) is 41.6 Å². The van der Waals surface area contributed by atoms with E-state index in [9.17, 15) is 19.1 Å². The van der Waals surface area contributed by atoms with E-state index in [1.54, 1.807) is 6.07 Å². The number of nitrogens with two attached hydrogens (primary N) is 1. The van der Waals surface area contributed by atoms with Gasteiger partial charge in [-0.15, -0.1) is 0 Å². The zero-order chi connectivity index (χ0) is 20.3. The predicted molar refractivity (Wildman–Crippen MR) is 93.8 cm³/mol. The van der Waals surface area contributed by atoms with Crippen LogP contribution in [-0.2, 0) is 20.9 Å². The Hall–Kier alpha value is -3.17. The monoisotopic (exact) mass is 391 g/mol. The third kappa shape index (κ3) is 3.62. The number of hydrogen-bond acceptors (Lipinski definition) is 8. The second-order valence-corrected chi connectivity index (χ2v) is 5.89. The van der Waals surface area contributed by atoms with Crippen LogP contribution < -0.4 is 15.9 Å². The van der Waals surface area contributed by atoms with Crippen molar-refractivity contribution in [1.82, 2.24) is 0 Å². The minimum Gasteiger partial charge on any atom is -0.460 e. The average Bonchev–Trinajstić information content (AvgIpc) is 2.68. The lowest BCUT2D eigenvalue weighted by Crippen LogP contribution is -2.30. The van der Waals surface area contributed by atoms with Gasteiger partial charge in [0, 0.05) is 18.7 Å². The largest absolute Gasteiger partial charge is 0.460 e. The Bertz CT molecular complexity index is 982. The smallest absolute Gasteiger partial charge is 0.340 e. The lowest BCUT2D eigenvalue weighted by Gasteiger charge is -2.27. The number of carbonyl (C=O) groups excluding carboxylic acids is 1. The number of esters is 1. The van der Waals surface area contributed by atoms with Crippen molar-refractivity contribution in [3.8, 4) is 5.75 Å². The molecule has 28 heavy (non-hydrogen) atoms. The lowest BCUT2D eigenvalue weighted by molar-refractivity contribution is -0.140. The summed E-state index contributed by atoms with van der Waals surface area (Å²) in [7, 11) is 1.44. The maximum absolute atomic E-state index is 14.6. The number of halogens is 1. The van der Waals surface area contributed by atoms with Gasteiger partial charge in [0.25, 0.3) is 0 Å². The zero-order valence-corrected chi connectivity index (χ0v) is 14.9. The molecule has 1 aliphatic heterocycles. The highest BCUT2D eigenvalue weighted by atomic mass is 19.1. The summed E-state index contributed by atoms with van der Waals surface area (Å²) in [6.45, 7) is -0.493. The van der Waals surface area contributed by atoms with E-state index in [0.29, 0.717) is 0 Å². The highest BCUT2D eigenvalue weighted by Gasteiger charge is 2.40. The summed E-state index contributed by atoms with van der Waals surface area (Å²) in [5.41, 5.74) is 5.08. The minimum atomic E-state index is -1.20. The maximum Gasteiger partial charge on any atom is 0.340 e. The molecule has 0 spiro atoms. The Labute approximate surface area is 158 Å². The number of hydrogen-bond donors (Lipinski definition) is 2. The fraction of sp³-hybridized carbons (Fsp3) is 0.263. The molecule has 9 heteroatoms. The molecular formula is C19H18FNO7. The first-order chi connectivity index (χ1) is 13.5. The van der Waals surface area contributed by atoms with Crippen LogP contribution in [0.4, 0.5) is 4.39 Å². The van der Waals surface area contributed by atoms with Gasteiger partial charge in [0.15, 0.2) is 5.76 Å². The molecule has 0 saturated carbocycles. The number of benzene rings is 1. The van der Waals surface area contributed by atoms with Crippen molar-refractivity contribution in [2.75, 3.05) is 20.3 Å². The molecular weight excluding hydrogens is 373 g/mol.